The van der Waals surface area contributed by atoms with Crippen molar-refractivity contribution < 1.29 is 4.79 Å². The van der Waals surface area contributed by atoms with Crippen molar-refractivity contribution in [3.8, 4) is 0 Å². The first-order valence-electron chi connectivity index (χ1n) is 8.22. The minimum Gasteiger partial charge on any atom is -0.346 e. The molecule has 0 aliphatic carbocycles. The molecule has 2 heterocycles. The van der Waals surface area contributed by atoms with Gasteiger partial charge in [0.15, 0.2) is 0 Å². The molecule has 126 valence electrons. The van der Waals surface area contributed by atoms with E-state index in [1.165, 1.54) is 16.8 Å². The molecule has 5 nitrogen and oxygen atoms in total. The molecule has 25 heavy (non-hydrogen) atoms. The van der Waals surface area contributed by atoms with E-state index < -0.39 is 0 Å². The van der Waals surface area contributed by atoms with Crippen LogP contribution < -0.4 is 5.32 Å². The lowest BCUT2D eigenvalue weighted by Gasteiger charge is -2.21. The van der Waals surface area contributed by atoms with Gasteiger partial charge in [0.1, 0.15) is 12.7 Å². The van der Waals surface area contributed by atoms with Crippen LogP contribution in [0.2, 0.25) is 0 Å². The second kappa shape index (κ2) is 7.11. The Balaban J connectivity index is 1.50. The first-order chi connectivity index (χ1) is 12.3. The number of carbonyl (C=O) groups excluding carboxylic acids is 1. The van der Waals surface area contributed by atoms with E-state index in [1.807, 2.05) is 42.5 Å². The van der Waals surface area contributed by atoms with Crippen molar-refractivity contribution in [2.45, 2.75) is 29.2 Å². The fraction of sp³-hybridized carbons (Fsp3) is 0.211. The van der Waals surface area contributed by atoms with E-state index in [9.17, 15) is 4.79 Å². The molecule has 1 amide bonds. The van der Waals surface area contributed by atoms with Crippen LogP contribution in [-0.2, 0) is 17.8 Å². The van der Waals surface area contributed by atoms with Gasteiger partial charge in [0, 0.05) is 4.90 Å². The molecule has 0 spiro atoms. The molecular formula is C19H18N4OS. The zero-order valence-electron chi connectivity index (χ0n) is 13.6. The van der Waals surface area contributed by atoms with Gasteiger partial charge >= 0.3 is 0 Å². The van der Waals surface area contributed by atoms with E-state index in [-0.39, 0.29) is 17.2 Å². The van der Waals surface area contributed by atoms with Gasteiger partial charge in [-0.25, -0.2) is 4.98 Å². The minimum absolute atomic E-state index is 0.0650. The Bertz CT molecular complexity index is 826. The molecule has 0 saturated carbocycles. The summed E-state index contributed by atoms with van der Waals surface area (Å²) in [5.41, 5.74) is 2.31. The third-order valence-electron chi connectivity index (χ3n) is 4.29. The number of rotatable bonds is 5. The smallest absolute Gasteiger partial charge is 0.234 e. The van der Waals surface area contributed by atoms with Gasteiger partial charge in [-0.2, -0.15) is 5.10 Å². The quantitative estimate of drug-likeness (QED) is 0.769. The van der Waals surface area contributed by atoms with Crippen LogP contribution in [0.4, 0.5) is 0 Å². The van der Waals surface area contributed by atoms with E-state index in [1.54, 1.807) is 22.8 Å². The number of hydrogen-bond acceptors (Lipinski definition) is 4. The number of nitrogens with one attached hydrogen (secondary N) is 1. The van der Waals surface area contributed by atoms with Gasteiger partial charge in [0.05, 0.1) is 17.8 Å². The molecule has 1 aliphatic heterocycles. The van der Waals surface area contributed by atoms with E-state index in [2.05, 4.69) is 27.5 Å². The van der Waals surface area contributed by atoms with E-state index >= 15 is 0 Å². The summed E-state index contributed by atoms with van der Waals surface area (Å²) >= 11 is 1.64. The highest BCUT2D eigenvalue weighted by Crippen LogP contribution is 2.37. The Morgan fingerprint density at radius 2 is 2.00 bits per heavy atom. The molecule has 0 fully saturated rings. The number of fused-ring (bicyclic) bond motifs is 1. The Labute approximate surface area is 150 Å². The molecule has 6 heteroatoms. The van der Waals surface area contributed by atoms with Crippen LogP contribution in [0.5, 0.6) is 0 Å². The molecule has 1 aromatic heterocycles. The third kappa shape index (κ3) is 3.58. The number of aromatic nitrogens is 3. The average Bonchev–Trinajstić information content (AvgIpc) is 3.31. The van der Waals surface area contributed by atoms with Gasteiger partial charge in [-0.15, -0.1) is 11.8 Å². The first kappa shape index (κ1) is 15.9. The van der Waals surface area contributed by atoms with Gasteiger partial charge in [-0.1, -0.05) is 48.5 Å². The van der Waals surface area contributed by atoms with Crippen LogP contribution in [0.1, 0.15) is 17.2 Å². The summed E-state index contributed by atoms with van der Waals surface area (Å²) in [4.78, 5) is 18.0. The normalized spacial score (nSPS) is 17.0. The highest BCUT2D eigenvalue weighted by atomic mass is 32.2. The number of benzene rings is 2. The number of nitrogens with zero attached hydrogens (tertiary/aromatic N) is 3. The molecule has 2 aromatic carbocycles. The second-order valence-corrected chi connectivity index (χ2v) is 7.25. The van der Waals surface area contributed by atoms with Gasteiger partial charge in [0.25, 0.3) is 0 Å². The fourth-order valence-corrected chi connectivity index (χ4v) is 4.23. The number of amides is 1. The van der Waals surface area contributed by atoms with Crippen LogP contribution in [0, 0.1) is 0 Å². The summed E-state index contributed by atoms with van der Waals surface area (Å²) < 4.78 is 1.74. The molecule has 0 bridgehead atoms. The summed E-state index contributed by atoms with van der Waals surface area (Å²) in [7, 11) is 0. The summed E-state index contributed by atoms with van der Waals surface area (Å²) in [5.74, 6) is 0.0650. The first-order valence-corrected chi connectivity index (χ1v) is 9.10. The molecular weight excluding hydrogens is 332 g/mol. The van der Waals surface area contributed by atoms with Crippen LogP contribution in [-0.4, -0.2) is 25.9 Å². The Hall–Kier alpha value is -2.60. The predicted octanol–water partition coefficient (Wildman–Crippen LogP) is 2.85. The van der Waals surface area contributed by atoms with Gasteiger partial charge in [-0.3, -0.25) is 9.48 Å². The van der Waals surface area contributed by atoms with Crippen molar-refractivity contribution in [1.82, 2.24) is 20.1 Å². The van der Waals surface area contributed by atoms with Crippen molar-refractivity contribution in [2.75, 3.05) is 0 Å². The second-order valence-electron chi connectivity index (χ2n) is 6.01. The van der Waals surface area contributed by atoms with Crippen LogP contribution in [0.3, 0.4) is 0 Å². The highest BCUT2D eigenvalue weighted by Gasteiger charge is 2.29. The van der Waals surface area contributed by atoms with Crippen LogP contribution >= 0.6 is 11.8 Å². The molecule has 2 unspecified atom stereocenters. The number of hydrogen-bond donors (Lipinski definition) is 1. The topological polar surface area (TPSA) is 59.8 Å². The summed E-state index contributed by atoms with van der Waals surface area (Å²) in [6.07, 6.45) is 3.95. The molecule has 1 aliphatic rings. The zero-order valence-corrected chi connectivity index (χ0v) is 14.4. The van der Waals surface area contributed by atoms with Crippen molar-refractivity contribution in [3.63, 3.8) is 0 Å². The van der Waals surface area contributed by atoms with Gasteiger partial charge in [0.2, 0.25) is 5.91 Å². The van der Waals surface area contributed by atoms with Crippen molar-refractivity contribution in [1.29, 1.82) is 0 Å². The molecule has 2 atom stereocenters. The SMILES string of the molecule is O=C(NC(Cn1cncn1)c1ccccc1)C1Cc2ccccc2S1. The van der Waals surface area contributed by atoms with Crippen molar-refractivity contribution >= 4 is 17.7 Å². The Kier molecular flexibility index (Phi) is 4.52. The highest BCUT2D eigenvalue weighted by molar-refractivity contribution is 8.01. The van der Waals surface area contributed by atoms with E-state index in [4.69, 9.17) is 0 Å². The summed E-state index contributed by atoms with van der Waals surface area (Å²) in [6, 6.07) is 18.1. The summed E-state index contributed by atoms with van der Waals surface area (Å²) in [5, 5.41) is 7.28. The van der Waals surface area contributed by atoms with Gasteiger partial charge < -0.3 is 5.32 Å². The number of thioether (sulfide) groups is 1. The summed E-state index contributed by atoms with van der Waals surface area (Å²) in [6.45, 7) is 0.556. The molecule has 1 N–H and O–H groups in total. The number of carbonyl (C=O) groups is 1. The standard InChI is InChI=1S/C19H18N4OS/c24-19(18-10-15-8-4-5-9-17(15)25-18)22-16(11-23-13-20-12-21-23)14-6-2-1-3-7-14/h1-9,12-13,16,18H,10-11H2,(H,22,24). The lowest BCUT2D eigenvalue weighted by molar-refractivity contribution is -0.121. The third-order valence-corrected chi connectivity index (χ3v) is 5.61. The monoisotopic (exact) mass is 350 g/mol. The maximum atomic E-state index is 12.8. The van der Waals surface area contributed by atoms with Crippen LogP contribution in [0.15, 0.2) is 72.1 Å². The lowest BCUT2D eigenvalue weighted by atomic mass is 10.1. The zero-order chi connectivity index (χ0) is 17.1. The van der Waals surface area contributed by atoms with E-state index in [0.717, 1.165) is 12.0 Å². The fourth-order valence-electron chi connectivity index (χ4n) is 3.03. The molecule has 3 aromatic rings. The largest absolute Gasteiger partial charge is 0.346 e. The van der Waals surface area contributed by atoms with E-state index in [0.29, 0.717) is 6.54 Å². The maximum Gasteiger partial charge on any atom is 0.234 e. The Morgan fingerprint density at radius 1 is 1.20 bits per heavy atom. The molecule has 4 rings (SSSR count). The maximum absolute atomic E-state index is 12.8. The average molecular weight is 350 g/mol. The predicted molar refractivity (Wildman–Crippen MR) is 97.1 cm³/mol. The van der Waals surface area contributed by atoms with Crippen molar-refractivity contribution in [3.05, 3.63) is 78.4 Å². The molecule has 0 radical (unpaired) electrons. The lowest BCUT2D eigenvalue weighted by Crippen LogP contribution is -2.37. The van der Waals surface area contributed by atoms with Crippen LogP contribution in [0.25, 0.3) is 0 Å². The molecule has 0 saturated heterocycles. The van der Waals surface area contributed by atoms with Gasteiger partial charge in [-0.05, 0) is 23.6 Å². The van der Waals surface area contributed by atoms with Crippen molar-refractivity contribution in [2.24, 2.45) is 0 Å². The Morgan fingerprint density at radius 3 is 2.76 bits per heavy atom. The minimum atomic E-state index is -0.139.